The number of allylic oxidation sites excluding steroid dienone is 1. The van der Waals surface area contributed by atoms with Crippen molar-refractivity contribution in [3.8, 4) is 0 Å². The molecule has 0 aromatic carbocycles. The lowest BCUT2D eigenvalue weighted by atomic mass is 9.85. The molecule has 2 aliphatic rings. The molecule has 0 radical (unpaired) electrons. The summed E-state index contributed by atoms with van der Waals surface area (Å²) >= 11 is 0. The Kier molecular flexibility index (Phi) is 2.06. The minimum absolute atomic E-state index is 0.0430. The van der Waals surface area contributed by atoms with E-state index >= 15 is 0 Å². The smallest absolute Gasteiger partial charge is 0.311 e. The van der Waals surface area contributed by atoms with E-state index in [0.29, 0.717) is 18.6 Å². The van der Waals surface area contributed by atoms with E-state index in [0.717, 1.165) is 0 Å². The van der Waals surface area contributed by atoms with Crippen LogP contribution in [0.4, 0.5) is 0 Å². The molecular formula is C10H12O4. The Morgan fingerprint density at radius 2 is 2.00 bits per heavy atom. The van der Waals surface area contributed by atoms with Gasteiger partial charge in [0.25, 0.3) is 0 Å². The minimum atomic E-state index is -0.258. The lowest BCUT2D eigenvalue weighted by molar-refractivity contribution is -0.141. The Balaban J connectivity index is 2.12. The van der Waals surface area contributed by atoms with Crippen molar-refractivity contribution in [2.75, 3.05) is 0 Å². The molecule has 0 aromatic rings. The van der Waals surface area contributed by atoms with Gasteiger partial charge in [-0.1, -0.05) is 6.58 Å². The molecule has 0 amide bonds. The first-order valence-electron chi connectivity index (χ1n) is 4.67. The molecule has 3 unspecified atom stereocenters. The summed E-state index contributed by atoms with van der Waals surface area (Å²) in [5, 5.41) is 0. The van der Waals surface area contributed by atoms with Crippen LogP contribution in [0, 0.1) is 11.8 Å². The summed E-state index contributed by atoms with van der Waals surface area (Å²) in [4.78, 5) is 22.0. The van der Waals surface area contributed by atoms with Crippen LogP contribution in [0.15, 0.2) is 12.3 Å². The van der Waals surface area contributed by atoms with Crippen molar-refractivity contribution in [3.05, 3.63) is 12.3 Å². The zero-order valence-electron chi connectivity index (χ0n) is 7.99. The predicted octanol–water partition coefficient (Wildman–Crippen LogP) is 1.01. The molecule has 0 spiro atoms. The van der Waals surface area contributed by atoms with Crippen molar-refractivity contribution in [2.45, 2.75) is 25.9 Å². The first kappa shape index (κ1) is 9.24. The number of esters is 2. The van der Waals surface area contributed by atoms with Crippen molar-refractivity contribution < 1.29 is 19.1 Å². The van der Waals surface area contributed by atoms with Gasteiger partial charge >= 0.3 is 11.9 Å². The zero-order valence-corrected chi connectivity index (χ0v) is 7.99. The molecule has 0 saturated carbocycles. The topological polar surface area (TPSA) is 52.6 Å². The van der Waals surface area contributed by atoms with Gasteiger partial charge in [0.2, 0.25) is 0 Å². The van der Waals surface area contributed by atoms with E-state index in [9.17, 15) is 9.59 Å². The van der Waals surface area contributed by atoms with Gasteiger partial charge in [0, 0.05) is 11.8 Å². The van der Waals surface area contributed by atoms with Crippen molar-refractivity contribution in [1.29, 1.82) is 0 Å². The summed E-state index contributed by atoms with van der Waals surface area (Å²) in [6, 6.07) is 0. The molecule has 2 fully saturated rings. The maximum atomic E-state index is 11.0. The van der Waals surface area contributed by atoms with Crippen molar-refractivity contribution >= 4 is 11.9 Å². The highest BCUT2D eigenvalue weighted by atomic mass is 16.6. The second kappa shape index (κ2) is 3.12. The molecule has 3 atom stereocenters. The first-order valence-corrected chi connectivity index (χ1v) is 4.67. The van der Waals surface area contributed by atoms with Crippen molar-refractivity contribution in [1.82, 2.24) is 0 Å². The molecule has 0 aliphatic carbocycles. The Labute approximate surface area is 81.9 Å². The fourth-order valence-corrected chi connectivity index (χ4v) is 2.12. The summed E-state index contributed by atoms with van der Waals surface area (Å²) in [5.41, 5.74) is 0. The number of cyclic esters (lactones) is 2. The normalized spacial score (nSPS) is 37.2. The predicted molar refractivity (Wildman–Crippen MR) is 47.0 cm³/mol. The molecule has 4 heteroatoms. The second-order valence-corrected chi connectivity index (χ2v) is 3.81. The van der Waals surface area contributed by atoms with E-state index in [1.807, 2.05) is 6.92 Å². The SMILES string of the molecule is C=C1OC(=O)CC1C1CC(=O)OC1C. The highest BCUT2D eigenvalue weighted by Crippen LogP contribution is 2.38. The fourth-order valence-electron chi connectivity index (χ4n) is 2.12. The van der Waals surface area contributed by atoms with E-state index < -0.39 is 0 Å². The molecule has 0 aromatic heterocycles. The summed E-state index contributed by atoms with van der Waals surface area (Å²) in [7, 11) is 0. The lowest BCUT2D eigenvalue weighted by Gasteiger charge is -2.17. The van der Waals surface area contributed by atoms with Crippen LogP contribution in [0.3, 0.4) is 0 Å². The quantitative estimate of drug-likeness (QED) is 0.587. The summed E-state index contributed by atoms with van der Waals surface area (Å²) in [6.45, 7) is 5.52. The Hall–Kier alpha value is -1.32. The molecule has 2 saturated heterocycles. The van der Waals surface area contributed by atoms with Crippen LogP contribution < -0.4 is 0 Å². The van der Waals surface area contributed by atoms with Gasteiger partial charge in [-0.25, -0.2) is 0 Å². The molecule has 76 valence electrons. The molecule has 2 aliphatic heterocycles. The second-order valence-electron chi connectivity index (χ2n) is 3.81. The number of carbonyl (C=O) groups excluding carboxylic acids is 2. The van der Waals surface area contributed by atoms with Crippen LogP contribution in [0.5, 0.6) is 0 Å². The summed E-state index contributed by atoms with van der Waals surface area (Å²) < 4.78 is 9.89. The number of carbonyl (C=O) groups is 2. The minimum Gasteiger partial charge on any atom is -0.462 e. The van der Waals surface area contributed by atoms with Gasteiger partial charge in [0.1, 0.15) is 11.9 Å². The van der Waals surface area contributed by atoms with Crippen LogP contribution in [0.1, 0.15) is 19.8 Å². The van der Waals surface area contributed by atoms with Crippen LogP contribution in [0.25, 0.3) is 0 Å². The fraction of sp³-hybridized carbons (Fsp3) is 0.600. The van der Waals surface area contributed by atoms with Crippen LogP contribution in [0.2, 0.25) is 0 Å². The summed E-state index contributed by atoms with van der Waals surface area (Å²) in [6.07, 6.45) is 0.546. The molecule has 0 N–H and O–H groups in total. The van der Waals surface area contributed by atoms with Gasteiger partial charge in [-0.2, -0.15) is 0 Å². The van der Waals surface area contributed by atoms with E-state index in [-0.39, 0.29) is 29.9 Å². The number of hydrogen-bond donors (Lipinski definition) is 0. The lowest BCUT2D eigenvalue weighted by Crippen LogP contribution is -2.20. The van der Waals surface area contributed by atoms with Crippen molar-refractivity contribution in [3.63, 3.8) is 0 Å². The van der Waals surface area contributed by atoms with Gasteiger partial charge in [-0.15, -0.1) is 0 Å². The maximum absolute atomic E-state index is 11.0. The zero-order chi connectivity index (χ0) is 10.3. The van der Waals surface area contributed by atoms with Gasteiger partial charge in [0.15, 0.2) is 0 Å². The first-order chi connectivity index (χ1) is 6.58. The number of ether oxygens (including phenoxy) is 2. The van der Waals surface area contributed by atoms with Crippen LogP contribution >= 0.6 is 0 Å². The number of rotatable bonds is 1. The van der Waals surface area contributed by atoms with E-state index in [2.05, 4.69) is 6.58 Å². The molecule has 14 heavy (non-hydrogen) atoms. The largest absolute Gasteiger partial charge is 0.462 e. The van der Waals surface area contributed by atoms with E-state index in [1.54, 1.807) is 0 Å². The van der Waals surface area contributed by atoms with Gasteiger partial charge < -0.3 is 9.47 Å². The van der Waals surface area contributed by atoms with Crippen LogP contribution in [-0.2, 0) is 19.1 Å². The third kappa shape index (κ3) is 1.41. The van der Waals surface area contributed by atoms with Gasteiger partial charge in [-0.3, -0.25) is 9.59 Å². The molecular weight excluding hydrogens is 184 g/mol. The average Bonchev–Trinajstić information content (AvgIpc) is 2.55. The van der Waals surface area contributed by atoms with E-state index in [1.165, 1.54) is 0 Å². The van der Waals surface area contributed by atoms with E-state index in [4.69, 9.17) is 9.47 Å². The number of hydrogen-bond acceptors (Lipinski definition) is 4. The van der Waals surface area contributed by atoms with Crippen molar-refractivity contribution in [2.24, 2.45) is 11.8 Å². The maximum Gasteiger partial charge on any atom is 0.311 e. The third-order valence-electron chi connectivity index (χ3n) is 2.88. The monoisotopic (exact) mass is 196 g/mol. The Bertz CT molecular complexity index is 307. The Morgan fingerprint density at radius 1 is 1.29 bits per heavy atom. The molecule has 2 heterocycles. The van der Waals surface area contributed by atoms with Gasteiger partial charge in [0.05, 0.1) is 12.8 Å². The standard InChI is InChI=1S/C10H12O4/c1-5-7(3-9(11)13-5)8-4-10(12)14-6(8)2/h6-8H,1,3-4H2,2H3. The average molecular weight is 196 g/mol. The molecule has 0 bridgehead atoms. The third-order valence-corrected chi connectivity index (χ3v) is 2.88. The van der Waals surface area contributed by atoms with Gasteiger partial charge in [-0.05, 0) is 6.92 Å². The molecule has 2 rings (SSSR count). The highest BCUT2D eigenvalue weighted by Gasteiger charge is 2.43. The highest BCUT2D eigenvalue weighted by molar-refractivity contribution is 5.76. The Morgan fingerprint density at radius 3 is 2.43 bits per heavy atom. The van der Waals surface area contributed by atoms with Crippen LogP contribution in [-0.4, -0.2) is 18.0 Å². The molecule has 4 nitrogen and oxygen atoms in total. The summed E-state index contributed by atoms with van der Waals surface area (Å²) in [5.74, 6) is 0.0109.